The number of anilines is 1. The second-order valence-electron chi connectivity index (χ2n) is 9.73. The predicted molar refractivity (Wildman–Crippen MR) is 119 cm³/mol. The first-order valence-electron chi connectivity index (χ1n) is 10.7. The number of rotatable bonds is 3. The van der Waals surface area contributed by atoms with Crippen molar-refractivity contribution in [2.45, 2.75) is 50.5 Å². The van der Waals surface area contributed by atoms with Crippen LogP contribution in [0.25, 0.3) is 5.57 Å². The summed E-state index contributed by atoms with van der Waals surface area (Å²) in [6, 6.07) is 10.1. The Bertz CT molecular complexity index is 1190. The highest BCUT2D eigenvalue weighted by Gasteiger charge is 2.72. The number of carbonyl (C=O) groups excluding carboxylic acids is 2. The number of Topliss-reactive ketones (excluding diaryl/α,β-unsaturated/α-hetero) is 1. The third kappa shape index (κ3) is 2.70. The lowest BCUT2D eigenvalue weighted by atomic mass is 9.82. The van der Waals surface area contributed by atoms with Gasteiger partial charge in [-0.3, -0.25) is 10.1 Å². The van der Waals surface area contributed by atoms with Crippen molar-refractivity contribution in [1.82, 2.24) is 5.32 Å². The van der Waals surface area contributed by atoms with Crippen molar-refractivity contribution in [2.75, 3.05) is 5.73 Å². The van der Waals surface area contributed by atoms with Crippen LogP contribution >= 0.6 is 0 Å². The number of ketones is 1. The Labute approximate surface area is 186 Å². The summed E-state index contributed by atoms with van der Waals surface area (Å²) in [5.74, 6) is -1.98. The lowest BCUT2D eigenvalue weighted by Crippen LogP contribution is -2.60. The van der Waals surface area contributed by atoms with Gasteiger partial charge in [0.2, 0.25) is 11.3 Å². The Hall–Kier alpha value is -3.32. The summed E-state index contributed by atoms with van der Waals surface area (Å²) in [7, 11) is 0. The molecule has 2 aromatic rings. The van der Waals surface area contributed by atoms with Gasteiger partial charge in [-0.1, -0.05) is 30.8 Å². The zero-order chi connectivity index (χ0) is 23.1. The van der Waals surface area contributed by atoms with E-state index in [0.717, 1.165) is 24.0 Å². The average Bonchev–Trinajstić information content (AvgIpc) is 3.48. The van der Waals surface area contributed by atoms with Gasteiger partial charge < -0.3 is 20.3 Å². The van der Waals surface area contributed by atoms with E-state index in [1.807, 2.05) is 6.07 Å². The fourth-order valence-corrected chi connectivity index (χ4v) is 4.69. The summed E-state index contributed by atoms with van der Waals surface area (Å²) in [4.78, 5) is 26.7. The van der Waals surface area contributed by atoms with Crippen molar-refractivity contribution in [1.29, 1.82) is 0 Å². The number of allylic oxidation sites excluding steroid dienone is 1. The number of hydrogen-bond acceptors (Lipinski definition) is 6. The first-order valence-corrected chi connectivity index (χ1v) is 10.7. The van der Waals surface area contributed by atoms with Crippen molar-refractivity contribution in [3.63, 3.8) is 0 Å². The number of hydrogen-bond donors (Lipinski definition) is 3. The molecule has 1 aliphatic heterocycles. The summed E-state index contributed by atoms with van der Waals surface area (Å²) in [5.41, 5.74) is 6.11. The van der Waals surface area contributed by atoms with E-state index in [0.29, 0.717) is 17.2 Å². The van der Waals surface area contributed by atoms with Gasteiger partial charge in [-0.05, 0) is 62.8 Å². The van der Waals surface area contributed by atoms with Crippen molar-refractivity contribution in [2.24, 2.45) is 5.92 Å². The summed E-state index contributed by atoms with van der Waals surface area (Å²) < 4.78 is 11.5. The highest BCUT2D eigenvalue weighted by atomic mass is 16.6. The van der Waals surface area contributed by atoms with Gasteiger partial charge in [0, 0.05) is 16.8 Å². The SMILES string of the molecule is C=C(c1ccc2c(c1)O[C@]1(O)c3cccc(N)c3C(=O)[C@]21NC(=O)OC(C)(C)C)C1CC1. The summed E-state index contributed by atoms with van der Waals surface area (Å²) >= 11 is 0. The predicted octanol–water partition coefficient (Wildman–Crippen LogP) is 3.85. The van der Waals surface area contributed by atoms with E-state index in [1.54, 1.807) is 51.1 Å². The van der Waals surface area contributed by atoms with Crippen LogP contribution < -0.4 is 15.8 Å². The van der Waals surface area contributed by atoms with Gasteiger partial charge in [0.25, 0.3) is 5.79 Å². The maximum atomic E-state index is 13.8. The number of ether oxygens (including phenoxy) is 2. The van der Waals surface area contributed by atoms with Crippen molar-refractivity contribution in [3.05, 3.63) is 65.2 Å². The van der Waals surface area contributed by atoms with Gasteiger partial charge in [-0.15, -0.1) is 0 Å². The zero-order valence-electron chi connectivity index (χ0n) is 18.3. The molecule has 7 nitrogen and oxygen atoms in total. The Morgan fingerprint density at radius 2 is 1.97 bits per heavy atom. The molecule has 32 heavy (non-hydrogen) atoms. The molecule has 2 atom stereocenters. The van der Waals surface area contributed by atoms with E-state index in [9.17, 15) is 14.7 Å². The topological polar surface area (TPSA) is 111 Å². The summed E-state index contributed by atoms with van der Waals surface area (Å²) in [6.07, 6.45) is 1.34. The third-order valence-electron chi connectivity index (χ3n) is 6.31. The Morgan fingerprint density at radius 1 is 1.25 bits per heavy atom. The monoisotopic (exact) mass is 434 g/mol. The molecule has 5 rings (SSSR count). The van der Waals surface area contributed by atoms with Gasteiger partial charge in [0.05, 0.1) is 5.56 Å². The molecule has 0 radical (unpaired) electrons. The highest BCUT2D eigenvalue weighted by molar-refractivity contribution is 6.15. The molecule has 7 heteroatoms. The Balaban J connectivity index is 1.67. The molecule has 1 heterocycles. The van der Waals surface area contributed by atoms with E-state index in [1.165, 1.54) is 0 Å². The molecule has 1 saturated carbocycles. The number of nitrogens with two attached hydrogens (primary N) is 1. The third-order valence-corrected chi connectivity index (χ3v) is 6.31. The van der Waals surface area contributed by atoms with Crippen molar-refractivity contribution >= 4 is 23.1 Å². The zero-order valence-corrected chi connectivity index (χ0v) is 18.3. The molecule has 0 unspecified atom stereocenters. The van der Waals surface area contributed by atoms with Crippen molar-refractivity contribution in [3.8, 4) is 5.75 Å². The molecular formula is C25H26N2O5. The molecule has 1 fully saturated rings. The van der Waals surface area contributed by atoms with E-state index in [2.05, 4.69) is 11.9 Å². The molecule has 1 amide bonds. The molecule has 0 bridgehead atoms. The minimum Gasteiger partial charge on any atom is -0.454 e. The number of amides is 1. The lowest BCUT2D eigenvalue weighted by molar-refractivity contribution is -0.170. The fraction of sp³-hybridized carbons (Fsp3) is 0.360. The maximum Gasteiger partial charge on any atom is 0.408 e. The van der Waals surface area contributed by atoms with Crippen LogP contribution in [0.5, 0.6) is 5.75 Å². The second kappa shape index (κ2) is 6.36. The number of fused-ring (bicyclic) bond motifs is 5. The average molecular weight is 434 g/mol. The minimum absolute atomic E-state index is 0.128. The maximum absolute atomic E-state index is 13.8. The van der Waals surface area contributed by atoms with Gasteiger partial charge in [0.1, 0.15) is 11.4 Å². The quantitative estimate of drug-likeness (QED) is 0.633. The summed E-state index contributed by atoms with van der Waals surface area (Å²) in [6.45, 7) is 9.33. The van der Waals surface area contributed by atoms with E-state index in [4.69, 9.17) is 15.2 Å². The fourth-order valence-electron chi connectivity index (χ4n) is 4.69. The number of aliphatic hydroxyl groups is 1. The molecule has 0 saturated heterocycles. The molecule has 4 N–H and O–H groups in total. The summed E-state index contributed by atoms with van der Waals surface area (Å²) in [5, 5.41) is 14.5. The largest absolute Gasteiger partial charge is 0.454 e. The van der Waals surface area contributed by atoms with Crippen LogP contribution in [0.4, 0.5) is 10.5 Å². The minimum atomic E-state index is -2.17. The Kier molecular flexibility index (Phi) is 4.09. The van der Waals surface area contributed by atoms with Crippen LogP contribution in [0.2, 0.25) is 0 Å². The van der Waals surface area contributed by atoms with E-state index < -0.39 is 28.8 Å². The number of nitrogen functional groups attached to an aromatic ring is 1. The van der Waals surface area contributed by atoms with Gasteiger partial charge in [0.15, 0.2) is 0 Å². The lowest BCUT2D eigenvalue weighted by Gasteiger charge is -2.35. The molecule has 2 aliphatic carbocycles. The highest BCUT2D eigenvalue weighted by Crippen LogP contribution is 2.59. The number of alkyl carbamates (subject to hydrolysis) is 1. The van der Waals surface area contributed by atoms with Gasteiger partial charge in [-0.25, -0.2) is 4.79 Å². The Morgan fingerprint density at radius 3 is 2.62 bits per heavy atom. The van der Waals surface area contributed by atoms with Crippen LogP contribution in [0.3, 0.4) is 0 Å². The number of benzene rings is 2. The van der Waals surface area contributed by atoms with Crippen LogP contribution in [0.15, 0.2) is 43.0 Å². The molecular weight excluding hydrogens is 408 g/mol. The number of nitrogens with one attached hydrogen (secondary N) is 1. The van der Waals surface area contributed by atoms with Crippen molar-refractivity contribution < 1.29 is 24.2 Å². The standard InChI is InChI=1S/C25H26N2O5/c1-13(14-8-9-14)15-10-11-16-19(12-15)31-25(30)17-6-5-7-18(26)20(17)21(28)24(16,25)27-22(29)32-23(2,3)4/h5-7,10-12,14,30H,1,8-9,26H2,2-4H3,(H,27,29)/t24-,25-/m1/s1. The van der Waals surface area contributed by atoms with E-state index >= 15 is 0 Å². The molecule has 0 spiro atoms. The smallest absolute Gasteiger partial charge is 0.408 e. The molecule has 166 valence electrons. The van der Waals surface area contributed by atoms with Crippen LogP contribution in [-0.4, -0.2) is 22.6 Å². The molecule has 2 aromatic carbocycles. The second-order valence-corrected chi connectivity index (χ2v) is 9.73. The first-order chi connectivity index (χ1) is 15.0. The number of carbonyl (C=O) groups is 2. The molecule has 0 aromatic heterocycles. The van der Waals surface area contributed by atoms with Crippen LogP contribution in [-0.2, 0) is 16.1 Å². The first kappa shape index (κ1) is 20.6. The van der Waals surface area contributed by atoms with Crippen LogP contribution in [0, 0.1) is 5.92 Å². The van der Waals surface area contributed by atoms with E-state index in [-0.39, 0.29) is 16.8 Å². The van der Waals surface area contributed by atoms with Gasteiger partial charge in [-0.2, -0.15) is 0 Å². The normalized spacial score (nSPS) is 25.4. The van der Waals surface area contributed by atoms with Gasteiger partial charge >= 0.3 is 6.09 Å². The van der Waals surface area contributed by atoms with Crippen LogP contribution in [0.1, 0.15) is 60.7 Å². The molecule has 3 aliphatic rings.